The molecule has 0 fully saturated rings. The third-order valence-electron chi connectivity index (χ3n) is 3.55. The second-order valence-electron chi connectivity index (χ2n) is 5.39. The first kappa shape index (κ1) is 16.7. The molecular weight excluding hydrogens is 326 g/mol. The van der Waals surface area contributed by atoms with Crippen LogP contribution in [0.4, 0.5) is 17.1 Å². The molecule has 1 amide bonds. The number of benzene rings is 2. The van der Waals surface area contributed by atoms with Gasteiger partial charge in [-0.15, -0.1) is 0 Å². The molecular formula is C20H13N5O. The minimum absolute atomic E-state index is 0.269. The molecule has 0 aliphatic rings. The molecule has 1 aromatic heterocycles. The first-order valence-electron chi connectivity index (χ1n) is 7.73. The summed E-state index contributed by atoms with van der Waals surface area (Å²) in [5.41, 5.74) is 3.41. The molecule has 6 heteroatoms. The number of anilines is 3. The lowest BCUT2D eigenvalue weighted by Gasteiger charge is -2.08. The molecule has 3 aromatic rings. The van der Waals surface area contributed by atoms with Crippen LogP contribution in [-0.2, 0) is 0 Å². The number of carbonyl (C=O) groups excluding carboxylic acids is 1. The second kappa shape index (κ2) is 7.61. The Morgan fingerprint density at radius 2 is 1.58 bits per heavy atom. The fourth-order valence-electron chi connectivity index (χ4n) is 2.26. The lowest BCUT2D eigenvalue weighted by atomic mass is 10.2. The second-order valence-corrected chi connectivity index (χ2v) is 5.39. The van der Waals surface area contributed by atoms with Crippen molar-refractivity contribution in [3.05, 3.63) is 83.7 Å². The molecule has 0 atom stereocenters. The molecule has 3 rings (SSSR count). The van der Waals surface area contributed by atoms with Gasteiger partial charge in [0.25, 0.3) is 5.91 Å². The average molecular weight is 339 g/mol. The van der Waals surface area contributed by atoms with Crippen molar-refractivity contribution >= 4 is 23.0 Å². The van der Waals surface area contributed by atoms with Gasteiger partial charge in [-0.3, -0.25) is 4.79 Å². The van der Waals surface area contributed by atoms with Crippen molar-refractivity contribution in [1.82, 2.24) is 4.98 Å². The molecule has 0 unspecified atom stereocenters. The summed E-state index contributed by atoms with van der Waals surface area (Å²) in [6.45, 7) is 0. The first-order valence-corrected chi connectivity index (χ1v) is 7.73. The summed E-state index contributed by atoms with van der Waals surface area (Å²) >= 11 is 0. The van der Waals surface area contributed by atoms with Crippen LogP contribution in [0.15, 0.2) is 66.9 Å². The van der Waals surface area contributed by atoms with E-state index < -0.39 is 0 Å². The third kappa shape index (κ3) is 4.02. The Morgan fingerprint density at radius 3 is 2.23 bits per heavy atom. The Bertz CT molecular complexity index is 1010. The van der Waals surface area contributed by atoms with Crippen LogP contribution in [0.2, 0.25) is 0 Å². The average Bonchev–Trinajstić information content (AvgIpc) is 2.69. The van der Waals surface area contributed by atoms with E-state index >= 15 is 0 Å². The van der Waals surface area contributed by atoms with E-state index in [2.05, 4.69) is 21.7 Å². The lowest BCUT2D eigenvalue weighted by molar-refractivity contribution is 0.102. The minimum atomic E-state index is -0.340. The highest BCUT2D eigenvalue weighted by atomic mass is 16.1. The van der Waals surface area contributed by atoms with Gasteiger partial charge in [0.05, 0.1) is 35.1 Å². The molecule has 0 spiro atoms. The van der Waals surface area contributed by atoms with Gasteiger partial charge in [-0.05, 0) is 54.6 Å². The van der Waals surface area contributed by atoms with E-state index in [0.29, 0.717) is 22.5 Å². The van der Waals surface area contributed by atoms with Crippen LogP contribution < -0.4 is 10.6 Å². The van der Waals surface area contributed by atoms with Gasteiger partial charge in [0.1, 0.15) is 5.69 Å². The maximum atomic E-state index is 12.2. The van der Waals surface area contributed by atoms with Gasteiger partial charge in [-0.2, -0.15) is 10.5 Å². The van der Waals surface area contributed by atoms with Crippen LogP contribution in [0.25, 0.3) is 0 Å². The quantitative estimate of drug-likeness (QED) is 0.752. The fraction of sp³-hybridized carbons (Fsp3) is 0. The van der Waals surface area contributed by atoms with E-state index in [4.69, 9.17) is 10.5 Å². The van der Waals surface area contributed by atoms with Gasteiger partial charge >= 0.3 is 0 Å². The van der Waals surface area contributed by atoms with Gasteiger partial charge in [0.15, 0.2) is 0 Å². The summed E-state index contributed by atoms with van der Waals surface area (Å²) in [7, 11) is 0. The van der Waals surface area contributed by atoms with E-state index in [9.17, 15) is 4.79 Å². The topological polar surface area (TPSA) is 102 Å². The van der Waals surface area contributed by atoms with Gasteiger partial charge in [-0.25, -0.2) is 4.98 Å². The van der Waals surface area contributed by atoms with E-state index in [0.717, 1.165) is 5.69 Å². The zero-order valence-electron chi connectivity index (χ0n) is 13.6. The highest BCUT2D eigenvalue weighted by Crippen LogP contribution is 2.17. The van der Waals surface area contributed by atoms with Crippen LogP contribution in [0.5, 0.6) is 0 Å². The zero-order valence-corrected chi connectivity index (χ0v) is 13.6. The number of pyridine rings is 1. The van der Waals surface area contributed by atoms with Crippen LogP contribution in [0.3, 0.4) is 0 Å². The Morgan fingerprint density at radius 1 is 0.846 bits per heavy atom. The molecule has 0 radical (unpaired) electrons. The maximum Gasteiger partial charge on any atom is 0.274 e. The summed E-state index contributed by atoms with van der Waals surface area (Å²) in [6, 6.07) is 21.1. The molecule has 2 aromatic carbocycles. The van der Waals surface area contributed by atoms with Crippen LogP contribution in [0, 0.1) is 22.7 Å². The fourth-order valence-corrected chi connectivity index (χ4v) is 2.26. The molecule has 124 valence electrons. The molecule has 1 heterocycles. The van der Waals surface area contributed by atoms with Crippen molar-refractivity contribution in [2.45, 2.75) is 0 Å². The van der Waals surface area contributed by atoms with Crippen molar-refractivity contribution in [1.29, 1.82) is 10.5 Å². The van der Waals surface area contributed by atoms with Crippen LogP contribution in [-0.4, -0.2) is 10.9 Å². The Hall–Kier alpha value is -4.16. The van der Waals surface area contributed by atoms with Gasteiger partial charge < -0.3 is 10.6 Å². The Labute approximate surface area is 150 Å². The van der Waals surface area contributed by atoms with E-state index in [1.165, 1.54) is 0 Å². The maximum absolute atomic E-state index is 12.2. The van der Waals surface area contributed by atoms with Crippen molar-refractivity contribution in [3.8, 4) is 12.1 Å². The lowest BCUT2D eigenvalue weighted by Crippen LogP contribution is -2.13. The first-order chi connectivity index (χ1) is 12.7. The number of aromatic nitrogens is 1. The summed E-state index contributed by atoms with van der Waals surface area (Å²) in [5, 5.41) is 23.6. The molecule has 26 heavy (non-hydrogen) atoms. The molecule has 2 N–H and O–H groups in total. The summed E-state index contributed by atoms with van der Waals surface area (Å²) in [4.78, 5) is 16.4. The zero-order chi connectivity index (χ0) is 18.4. The Kier molecular flexibility index (Phi) is 4.88. The SMILES string of the molecule is N#Cc1ccc(NC(=O)c2ccc(Nc3cccc(C#N)c3)cn2)cc1. The minimum Gasteiger partial charge on any atom is -0.354 e. The number of nitriles is 2. The molecule has 0 bridgehead atoms. The Balaban J connectivity index is 1.67. The van der Waals surface area contributed by atoms with E-state index in [-0.39, 0.29) is 11.6 Å². The molecule has 6 nitrogen and oxygen atoms in total. The summed E-state index contributed by atoms with van der Waals surface area (Å²) in [5.74, 6) is -0.340. The smallest absolute Gasteiger partial charge is 0.274 e. The molecule has 0 saturated carbocycles. The number of hydrogen-bond donors (Lipinski definition) is 2. The summed E-state index contributed by atoms with van der Waals surface area (Å²) in [6.07, 6.45) is 1.55. The predicted octanol–water partition coefficient (Wildman–Crippen LogP) is 3.82. The van der Waals surface area contributed by atoms with Gasteiger partial charge in [-0.1, -0.05) is 6.07 Å². The van der Waals surface area contributed by atoms with E-state index in [1.54, 1.807) is 60.8 Å². The van der Waals surface area contributed by atoms with Crippen molar-refractivity contribution in [2.75, 3.05) is 10.6 Å². The number of nitrogens with one attached hydrogen (secondary N) is 2. The molecule has 0 saturated heterocycles. The number of nitrogens with zero attached hydrogens (tertiary/aromatic N) is 3. The number of carbonyl (C=O) groups is 1. The highest BCUT2D eigenvalue weighted by molar-refractivity contribution is 6.03. The van der Waals surface area contributed by atoms with Crippen LogP contribution in [0.1, 0.15) is 21.6 Å². The van der Waals surface area contributed by atoms with Gasteiger partial charge in [0, 0.05) is 11.4 Å². The highest BCUT2D eigenvalue weighted by Gasteiger charge is 2.08. The number of amides is 1. The van der Waals surface area contributed by atoms with Gasteiger partial charge in [0.2, 0.25) is 0 Å². The van der Waals surface area contributed by atoms with E-state index in [1.807, 2.05) is 12.1 Å². The number of hydrogen-bond acceptors (Lipinski definition) is 5. The summed E-state index contributed by atoms with van der Waals surface area (Å²) < 4.78 is 0. The predicted molar refractivity (Wildman–Crippen MR) is 97.8 cm³/mol. The third-order valence-corrected chi connectivity index (χ3v) is 3.55. The van der Waals surface area contributed by atoms with Crippen molar-refractivity contribution in [2.24, 2.45) is 0 Å². The monoisotopic (exact) mass is 339 g/mol. The standard InChI is InChI=1S/C20H13N5O/c21-11-14-4-6-16(7-5-14)25-20(26)19-9-8-18(13-23-19)24-17-3-1-2-15(10-17)12-22/h1-10,13,24H,(H,25,26). The van der Waals surface area contributed by atoms with Crippen LogP contribution >= 0.6 is 0 Å². The normalized spacial score (nSPS) is 9.62. The van der Waals surface area contributed by atoms with Crippen molar-refractivity contribution in [3.63, 3.8) is 0 Å². The van der Waals surface area contributed by atoms with Crippen molar-refractivity contribution < 1.29 is 4.79 Å². The molecule has 0 aliphatic carbocycles. The molecule has 0 aliphatic heterocycles. The number of rotatable bonds is 4. The largest absolute Gasteiger partial charge is 0.354 e.